The first-order chi connectivity index (χ1) is 11.0. The zero-order valence-corrected chi connectivity index (χ0v) is 15.2. The van der Waals surface area contributed by atoms with Gasteiger partial charge >= 0.3 is 0 Å². The Hall–Kier alpha value is -1.67. The number of nitrogens with zero attached hydrogens (tertiary/aromatic N) is 1. The van der Waals surface area contributed by atoms with Crippen LogP contribution in [0.5, 0.6) is 0 Å². The van der Waals surface area contributed by atoms with Gasteiger partial charge in [-0.05, 0) is 36.7 Å². The average molecular weight is 334 g/mol. The second kappa shape index (κ2) is 10.2. The molecule has 0 spiro atoms. The molecule has 0 fully saturated rings. The number of rotatable bonds is 10. The molecule has 0 bridgehead atoms. The minimum absolute atomic E-state index is 0.359. The summed E-state index contributed by atoms with van der Waals surface area (Å²) in [6.07, 6.45) is 0. The number of nitrogens with one attached hydrogen (secondary N) is 2. The van der Waals surface area contributed by atoms with Crippen molar-refractivity contribution in [3.63, 3.8) is 0 Å². The van der Waals surface area contributed by atoms with Crippen LogP contribution >= 0.6 is 11.6 Å². The van der Waals surface area contributed by atoms with E-state index in [1.807, 2.05) is 24.3 Å². The zero-order valence-electron chi connectivity index (χ0n) is 14.5. The first-order valence-electron chi connectivity index (χ1n) is 7.97. The van der Waals surface area contributed by atoms with Gasteiger partial charge in [-0.1, -0.05) is 50.7 Å². The standard InChI is InChI=1S/C19H28ClN3/c1-6-15(3)16(4)12-23(17(5)22-14-21-7-2)13-18-8-10-19(20)11-9-18/h8-11,16,21-22H,1,5,7,12-14H2,2-4H3. The van der Waals surface area contributed by atoms with Crippen LogP contribution in [0.1, 0.15) is 26.3 Å². The van der Waals surface area contributed by atoms with Crippen molar-refractivity contribution in [2.75, 3.05) is 19.8 Å². The number of hydrogen-bond donors (Lipinski definition) is 2. The molecule has 0 aromatic heterocycles. The Balaban J connectivity index is 2.80. The van der Waals surface area contributed by atoms with Gasteiger partial charge in [-0.15, -0.1) is 5.73 Å². The summed E-state index contributed by atoms with van der Waals surface area (Å²) in [4.78, 5) is 2.24. The molecule has 23 heavy (non-hydrogen) atoms. The summed E-state index contributed by atoms with van der Waals surface area (Å²) in [6.45, 7) is 17.5. The maximum atomic E-state index is 5.97. The monoisotopic (exact) mass is 333 g/mol. The van der Waals surface area contributed by atoms with Gasteiger partial charge in [-0.3, -0.25) is 0 Å². The Labute approximate surface area is 145 Å². The molecule has 1 rings (SSSR count). The molecule has 2 N–H and O–H groups in total. The topological polar surface area (TPSA) is 27.3 Å². The number of benzene rings is 1. The summed E-state index contributed by atoms with van der Waals surface area (Å²) in [5, 5.41) is 7.33. The first kappa shape index (κ1) is 19.4. The third-order valence-electron chi connectivity index (χ3n) is 3.85. The molecule has 1 unspecified atom stereocenters. The molecule has 0 radical (unpaired) electrons. The van der Waals surface area contributed by atoms with Gasteiger partial charge in [-0.2, -0.15) is 0 Å². The Morgan fingerprint density at radius 2 is 2.00 bits per heavy atom. The van der Waals surface area contributed by atoms with Crippen molar-refractivity contribution in [2.45, 2.75) is 27.3 Å². The molecule has 0 saturated heterocycles. The van der Waals surface area contributed by atoms with Gasteiger partial charge < -0.3 is 15.5 Å². The van der Waals surface area contributed by atoms with E-state index in [9.17, 15) is 0 Å². The summed E-state index contributed by atoms with van der Waals surface area (Å²) in [5.74, 6) is 1.27. The van der Waals surface area contributed by atoms with Crippen molar-refractivity contribution >= 4 is 11.6 Å². The van der Waals surface area contributed by atoms with E-state index < -0.39 is 0 Å². The predicted molar refractivity (Wildman–Crippen MR) is 100 cm³/mol. The Kier molecular flexibility index (Phi) is 8.57. The third kappa shape index (κ3) is 6.96. The van der Waals surface area contributed by atoms with Crippen LogP contribution in [0.2, 0.25) is 5.02 Å². The summed E-state index contributed by atoms with van der Waals surface area (Å²) >= 11 is 5.97. The fourth-order valence-corrected chi connectivity index (χ4v) is 2.25. The highest BCUT2D eigenvalue weighted by molar-refractivity contribution is 6.30. The van der Waals surface area contributed by atoms with Crippen LogP contribution in [-0.4, -0.2) is 24.7 Å². The third-order valence-corrected chi connectivity index (χ3v) is 4.10. The molecule has 1 aromatic rings. The van der Waals surface area contributed by atoms with E-state index in [0.29, 0.717) is 12.6 Å². The molecule has 4 heteroatoms. The molecular formula is C19H28ClN3. The highest BCUT2D eigenvalue weighted by atomic mass is 35.5. The van der Waals surface area contributed by atoms with Gasteiger partial charge in [0.1, 0.15) is 0 Å². The van der Waals surface area contributed by atoms with E-state index in [2.05, 4.69) is 55.2 Å². The maximum absolute atomic E-state index is 5.97. The molecule has 3 nitrogen and oxygen atoms in total. The van der Waals surface area contributed by atoms with Crippen LogP contribution in [0, 0.1) is 5.92 Å². The molecule has 0 amide bonds. The number of halogens is 1. The fourth-order valence-electron chi connectivity index (χ4n) is 2.12. The van der Waals surface area contributed by atoms with Gasteiger partial charge in [0, 0.05) is 24.0 Å². The SMILES string of the molecule is C=C=C(C)C(C)CN(Cc1ccc(Cl)cc1)C(=C)NCNCC. The minimum Gasteiger partial charge on any atom is -0.360 e. The Bertz CT molecular complexity index is 544. The summed E-state index contributed by atoms with van der Waals surface area (Å²) in [5.41, 5.74) is 5.35. The normalized spacial score (nSPS) is 11.5. The van der Waals surface area contributed by atoms with Gasteiger partial charge in [0.2, 0.25) is 0 Å². The van der Waals surface area contributed by atoms with Crippen LogP contribution in [-0.2, 0) is 6.54 Å². The Morgan fingerprint density at radius 1 is 1.35 bits per heavy atom. The van der Waals surface area contributed by atoms with E-state index in [4.69, 9.17) is 11.6 Å². The minimum atomic E-state index is 0.359. The molecule has 0 heterocycles. The van der Waals surface area contributed by atoms with Crippen LogP contribution in [0.3, 0.4) is 0 Å². The van der Waals surface area contributed by atoms with Crippen molar-refractivity contribution in [1.29, 1.82) is 0 Å². The van der Waals surface area contributed by atoms with Gasteiger partial charge in [0.05, 0.1) is 12.5 Å². The summed E-state index contributed by atoms with van der Waals surface area (Å²) in [6, 6.07) is 7.94. The van der Waals surface area contributed by atoms with Crippen LogP contribution in [0.25, 0.3) is 0 Å². The molecule has 0 aliphatic rings. The maximum Gasteiger partial charge on any atom is 0.0952 e. The lowest BCUT2D eigenvalue weighted by atomic mass is 10.0. The first-order valence-corrected chi connectivity index (χ1v) is 8.35. The lowest BCUT2D eigenvalue weighted by Gasteiger charge is -2.30. The van der Waals surface area contributed by atoms with E-state index in [1.54, 1.807) is 0 Å². The molecule has 1 atom stereocenters. The molecule has 126 valence electrons. The lowest BCUT2D eigenvalue weighted by Crippen LogP contribution is -2.38. The van der Waals surface area contributed by atoms with E-state index >= 15 is 0 Å². The van der Waals surface area contributed by atoms with Crippen molar-refractivity contribution < 1.29 is 0 Å². The van der Waals surface area contributed by atoms with Crippen LogP contribution < -0.4 is 10.6 Å². The highest BCUT2D eigenvalue weighted by Gasteiger charge is 2.14. The number of hydrogen-bond acceptors (Lipinski definition) is 3. The zero-order chi connectivity index (χ0) is 17.2. The summed E-state index contributed by atoms with van der Waals surface area (Å²) < 4.78 is 0. The average Bonchev–Trinajstić information content (AvgIpc) is 2.55. The molecule has 0 aliphatic carbocycles. The van der Waals surface area contributed by atoms with E-state index in [0.717, 1.165) is 36.1 Å². The van der Waals surface area contributed by atoms with Crippen molar-refractivity contribution in [3.05, 3.63) is 65.1 Å². The molecule has 0 saturated carbocycles. The van der Waals surface area contributed by atoms with Crippen molar-refractivity contribution in [3.8, 4) is 0 Å². The smallest absolute Gasteiger partial charge is 0.0952 e. The quantitative estimate of drug-likeness (QED) is 0.383. The van der Waals surface area contributed by atoms with Gasteiger partial charge in [0.15, 0.2) is 0 Å². The predicted octanol–water partition coefficient (Wildman–Crippen LogP) is 4.14. The molecule has 0 aliphatic heterocycles. The lowest BCUT2D eigenvalue weighted by molar-refractivity contribution is 0.283. The van der Waals surface area contributed by atoms with Gasteiger partial charge in [-0.25, -0.2) is 0 Å². The molecular weight excluding hydrogens is 306 g/mol. The van der Waals surface area contributed by atoms with E-state index in [1.165, 1.54) is 5.56 Å². The fraction of sp³-hybridized carbons (Fsp3) is 0.421. The van der Waals surface area contributed by atoms with Crippen LogP contribution in [0.15, 0.2) is 54.5 Å². The van der Waals surface area contributed by atoms with E-state index in [-0.39, 0.29) is 0 Å². The largest absolute Gasteiger partial charge is 0.360 e. The highest BCUT2D eigenvalue weighted by Crippen LogP contribution is 2.17. The molecule has 1 aromatic carbocycles. The van der Waals surface area contributed by atoms with Crippen molar-refractivity contribution in [1.82, 2.24) is 15.5 Å². The Morgan fingerprint density at radius 3 is 2.57 bits per heavy atom. The van der Waals surface area contributed by atoms with Gasteiger partial charge in [0.25, 0.3) is 0 Å². The van der Waals surface area contributed by atoms with Crippen molar-refractivity contribution in [2.24, 2.45) is 5.92 Å². The van der Waals surface area contributed by atoms with Crippen LogP contribution in [0.4, 0.5) is 0 Å². The summed E-state index contributed by atoms with van der Waals surface area (Å²) in [7, 11) is 0. The second-order valence-electron chi connectivity index (χ2n) is 5.67. The second-order valence-corrected chi connectivity index (χ2v) is 6.11.